The highest BCUT2D eigenvalue weighted by Gasteiger charge is 2.27. The maximum absolute atomic E-state index is 13.6. The van der Waals surface area contributed by atoms with Gasteiger partial charge in [0.15, 0.2) is 0 Å². The summed E-state index contributed by atoms with van der Waals surface area (Å²) in [7, 11) is -3.72. The van der Waals surface area contributed by atoms with Crippen LogP contribution in [0.15, 0.2) is 71.9 Å². The van der Waals surface area contributed by atoms with Crippen LogP contribution in [0.1, 0.15) is 44.7 Å². The van der Waals surface area contributed by atoms with Gasteiger partial charge in [-0.1, -0.05) is 39.3 Å². The second-order valence-corrected chi connectivity index (χ2v) is 10.3. The predicted molar refractivity (Wildman–Crippen MR) is 130 cm³/mol. The fourth-order valence-electron chi connectivity index (χ4n) is 3.54. The fourth-order valence-corrected chi connectivity index (χ4v) is 5.23. The lowest BCUT2D eigenvalue weighted by Gasteiger charge is -2.28. The molecule has 32 heavy (non-hydrogen) atoms. The lowest BCUT2D eigenvalue weighted by atomic mass is 10.0. The molecule has 3 aromatic rings. The van der Waals surface area contributed by atoms with E-state index in [2.05, 4.69) is 18.0 Å². The van der Waals surface area contributed by atoms with Gasteiger partial charge in [-0.25, -0.2) is 8.42 Å². The van der Waals surface area contributed by atoms with Gasteiger partial charge in [-0.15, -0.1) is 0 Å². The average Bonchev–Trinajstić information content (AvgIpc) is 2.77. The molecular weight excluding hydrogens is 420 g/mol. The Morgan fingerprint density at radius 2 is 1.62 bits per heavy atom. The number of aromatic nitrogens is 1. The Morgan fingerprint density at radius 3 is 2.22 bits per heavy atom. The van der Waals surface area contributed by atoms with Crippen molar-refractivity contribution in [2.45, 2.75) is 51.9 Å². The summed E-state index contributed by atoms with van der Waals surface area (Å²) in [6, 6.07) is 16.2. The van der Waals surface area contributed by atoms with E-state index >= 15 is 0 Å². The van der Waals surface area contributed by atoms with Crippen molar-refractivity contribution < 1.29 is 13.2 Å². The van der Waals surface area contributed by atoms with E-state index in [0.29, 0.717) is 18.0 Å². The van der Waals surface area contributed by atoms with E-state index < -0.39 is 10.0 Å². The van der Waals surface area contributed by atoms with Crippen LogP contribution in [0.3, 0.4) is 0 Å². The summed E-state index contributed by atoms with van der Waals surface area (Å²) in [5.74, 6) is 1.40. The number of ether oxygens (including phenoxy) is 1. The molecule has 0 atom stereocenters. The standard InChI is InChI=1S/C26H32N2O3S/c1-5-6-7-22-8-13-26(21(4)18-22)28(19-20(2)3)32(29,30)25-11-9-23(10-12-25)31-24-14-16-27-17-15-24/h8-18,20H,5-7,19H2,1-4H3. The van der Waals surface area contributed by atoms with Gasteiger partial charge in [0.05, 0.1) is 10.6 Å². The summed E-state index contributed by atoms with van der Waals surface area (Å²) in [4.78, 5) is 4.21. The molecule has 0 aliphatic rings. The largest absolute Gasteiger partial charge is 0.457 e. The first kappa shape index (κ1) is 23.8. The van der Waals surface area contributed by atoms with E-state index in [9.17, 15) is 8.42 Å². The first-order valence-corrected chi connectivity index (χ1v) is 12.6. The summed E-state index contributed by atoms with van der Waals surface area (Å²) in [5, 5.41) is 0. The summed E-state index contributed by atoms with van der Waals surface area (Å²) >= 11 is 0. The Morgan fingerprint density at radius 1 is 0.969 bits per heavy atom. The highest BCUT2D eigenvalue weighted by atomic mass is 32.2. The normalized spacial score (nSPS) is 11.5. The predicted octanol–water partition coefficient (Wildman–Crippen LogP) is 6.38. The number of nitrogens with zero attached hydrogens (tertiary/aromatic N) is 2. The van der Waals surface area contributed by atoms with Crippen molar-refractivity contribution in [1.29, 1.82) is 0 Å². The number of rotatable bonds is 10. The van der Waals surface area contributed by atoms with Crippen molar-refractivity contribution in [3.63, 3.8) is 0 Å². The maximum Gasteiger partial charge on any atom is 0.264 e. The Labute approximate surface area is 192 Å². The zero-order chi connectivity index (χ0) is 23.1. The number of aryl methyl sites for hydroxylation is 2. The van der Waals surface area contributed by atoms with Crippen LogP contribution in [0.5, 0.6) is 11.5 Å². The van der Waals surface area contributed by atoms with E-state index in [0.717, 1.165) is 30.5 Å². The molecule has 3 rings (SSSR count). The average molecular weight is 453 g/mol. The Hall–Kier alpha value is -2.86. The van der Waals surface area contributed by atoms with Crippen LogP contribution in [0.4, 0.5) is 5.69 Å². The molecule has 0 aliphatic heterocycles. The molecule has 1 heterocycles. The third-order valence-electron chi connectivity index (χ3n) is 5.18. The quantitative estimate of drug-likeness (QED) is 0.358. The van der Waals surface area contributed by atoms with Gasteiger partial charge in [0, 0.05) is 18.9 Å². The Balaban J connectivity index is 1.89. The molecule has 0 bridgehead atoms. The molecule has 0 N–H and O–H groups in total. The summed E-state index contributed by atoms with van der Waals surface area (Å²) in [6.07, 6.45) is 6.56. The highest BCUT2D eigenvalue weighted by molar-refractivity contribution is 7.92. The monoisotopic (exact) mass is 452 g/mol. The molecule has 0 saturated heterocycles. The number of benzene rings is 2. The zero-order valence-corrected chi connectivity index (χ0v) is 20.1. The van der Waals surface area contributed by atoms with Gasteiger partial charge >= 0.3 is 0 Å². The second kappa shape index (κ2) is 10.6. The van der Waals surface area contributed by atoms with Crippen molar-refractivity contribution in [3.8, 4) is 11.5 Å². The van der Waals surface area contributed by atoms with Crippen LogP contribution < -0.4 is 9.04 Å². The molecule has 6 heteroatoms. The van der Waals surface area contributed by atoms with Gasteiger partial charge < -0.3 is 4.74 Å². The molecule has 170 valence electrons. The number of pyridine rings is 1. The van der Waals surface area contributed by atoms with E-state index in [1.165, 1.54) is 9.87 Å². The third kappa shape index (κ3) is 5.88. The van der Waals surface area contributed by atoms with Crippen LogP contribution in [-0.4, -0.2) is 19.9 Å². The lowest BCUT2D eigenvalue weighted by molar-refractivity contribution is 0.481. The fraction of sp³-hybridized carbons (Fsp3) is 0.346. The van der Waals surface area contributed by atoms with Gasteiger partial charge in [-0.3, -0.25) is 9.29 Å². The summed E-state index contributed by atoms with van der Waals surface area (Å²) in [5.41, 5.74) is 2.95. The first-order chi connectivity index (χ1) is 15.3. The SMILES string of the molecule is CCCCc1ccc(N(CC(C)C)S(=O)(=O)c2ccc(Oc3ccncc3)cc2)c(C)c1. The number of hydrogen-bond acceptors (Lipinski definition) is 4. The molecule has 0 radical (unpaired) electrons. The van der Waals surface area contributed by atoms with Crippen molar-refractivity contribution in [2.75, 3.05) is 10.8 Å². The van der Waals surface area contributed by atoms with Crippen molar-refractivity contribution in [3.05, 3.63) is 78.1 Å². The maximum atomic E-state index is 13.6. The minimum absolute atomic E-state index is 0.179. The Kier molecular flexibility index (Phi) is 7.91. The minimum atomic E-state index is -3.72. The molecule has 0 saturated carbocycles. The molecule has 0 unspecified atom stereocenters. The summed E-state index contributed by atoms with van der Waals surface area (Å²) < 4.78 is 34.6. The highest BCUT2D eigenvalue weighted by Crippen LogP contribution is 2.30. The van der Waals surface area contributed by atoms with E-state index in [1.54, 1.807) is 48.8 Å². The van der Waals surface area contributed by atoms with E-state index in [1.807, 2.05) is 32.9 Å². The second-order valence-electron chi connectivity index (χ2n) is 8.41. The van der Waals surface area contributed by atoms with E-state index in [4.69, 9.17) is 4.74 Å². The lowest BCUT2D eigenvalue weighted by Crippen LogP contribution is -2.34. The van der Waals surface area contributed by atoms with E-state index in [-0.39, 0.29) is 10.8 Å². The van der Waals surface area contributed by atoms with Gasteiger partial charge in [0.1, 0.15) is 11.5 Å². The zero-order valence-electron chi connectivity index (χ0n) is 19.3. The van der Waals surface area contributed by atoms with Crippen LogP contribution in [0.2, 0.25) is 0 Å². The smallest absolute Gasteiger partial charge is 0.264 e. The van der Waals surface area contributed by atoms with Crippen LogP contribution in [-0.2, 0) is 16.4 Å². The molecule has 0 spiro atoms. The molecule has 5 nitrogen and oxygen atoms in total. The number of sulfonamides is 1. The molecule has 1 aromatic heterocycles. The molecule has 0 aliphatic carbocycles. The van der Waals surface area contributed by atoms with Crippen molar-refractivity contribution >= 4 is 15.7 Å². The van der Waals surface area contributed by atoms with Crippen molar-refractivity contribution in [2.24, 2.45) is 5.92 Å². The molecule has 2 aromatic carbocycles. The molecule has 0 amide bonds. The van der Waals surface area contributed by atoms with Gasteiger partial charge in [-0.2, -0.15) is 0 Å². The number of hydrogen-bond donors (Lipinski definition) is 0. The molecular formula is C26H32N2O3S. The topological polar surface area (TPSA) is 59.5 Å². The van der Waals surface area contributed by atoms with Crippen LogP contribution in [0, 0.1) is 12.8 Å². The number of unbranched alkanes of at least 4 members (excludes halogenated alkanes) is 1. The molecule has 0 fully saturated rings. The van der Waals surface area contributed by atoms with Gasteiger partial charge in [0.2, 0.25) is 0 Å². The van der Waals surface area contributed by atoms with Crippen LogP contribution >= 0.6 is 0 Å². The third-order valence-corrected chi connectivity index (χ3v) is 6.97. The van der Waals surface area contributed by atoms with Gasteiger partial charge in [-0.05, 0) is 79.3 Å². The van der Waals surface area contributed by atoms with Gasteiger partial charge in [0.25, 0.3) is 10.0 Å². The number of anilines is 1. The minimum Gasteiger partial charge on any atom is -0.457 e. The van der Waals surface area contributed by atoms with Crippen molar-refractivity contribution in [1.82, 2.24) is 4.98 Å². The first-order valence-electron chi connectivity index (χ1n) is 11.1. The summed E-state index contributed by atoms with van der Waals surface area (Å²) in [6.45, 7) is 8.62. The van der Waals surface area contributed by atoms with Crippen LogP contribution in [0.25, 0.3) is 0 Å². The Bertz CT molecular complexity index is 1110.